The van der Waals surface area contributed by atoms with Crippen LogP contribution < -0.4 is 10.4 Å². The number of hydrogen-bond donors (Lipinski definition) is 0. The number of aryl methyl sites for hydroxylation is 1. The molecule has 8 nitrogen and oxygen atoms in total. The first-order chi connectivity index (χ1) is 12.4. The highest BCUT2D eigenvalue weighted by atomic mass is 35.5. The monoisotopic (exact) mass is 375 g/mol. The zero-order valence-electron chi connectivity index (χ0n) is 14.6. The van der Waals surface area contributed by atoms with Gasteiger partial charge >= 0.3 is 11.7 Å². The first-order valence-corrected chi connectivity index (χ1v) is 8.29. The lowest BCUT2D eigenvalue weighted by molar-refractivity contribution is 0.219. The van der Waals surface area contributed by atoms with Gasteiger partial charge in [-0.25, -0.2) is 19.6 Å². The van der Waals surface area contributed by atoms with E-state index < -0.39 is 11.7 Å². The molecule has 0 bridgehead atoms. The molecule has 2 aromatic heterocycles. The van der Waals surface area contributed by atoms with Crippen molar-refractivity contribution in [2.75, 3.05) is 20.7 Å². The maximum atomic E-state index is 12.3. The highest BCUT2D eigenvalue weighted by Gasteiger charge is 2.20. The molecule has 0 aliphatic carbocycles. The van der Waals surface area contributed by atoms with E-state index in [-0.39, 0.29) is 5.65 Å². The summed E-state index contributed by atoms with van der Waals surface area (Å²) in [5, 5.41) is 0.593. The zero-order valence-corrected chi connectivity index (χ0v) is 15.4. The molecule has 9 heteroatoms. The molecule has 3 rings (SSSR count). The van der Waals surface area contributed by atoms with Gasteiger partial charge in [-0.1, -0.05) is 17.7 Å². The van der Waals surface area contributed by atoms with Crippen molar-refractivity contribution in [3.05, 3.63) is 51.8 Å². The van der Waals surface area contributed by atoms with Crippen LogP contribution in [0, 0.1) is 0 Å². The molecule has 0 fully saturated rings. The van der Waals surface area contributed by atoms with Crippen LogP contribution in [0.4, 0.5) is 4.79 Å². The SMILES string of the molecule is CN(C)C(=O)n1c(=O)n(C)c2cnc(CCOc3cccc(Cl)c3)nc21. The van der Waals surface area contributed by atoms with Gasteiger partial charge in [0.15, 0.2) is 5.65 Å². The highest BCUT2D eigenvalue weighted by molar-refractivity contribution is 6.30. The molecule has 0 aliphatic rings. The van der Waals surface area contributed by atoms with Crippen LogP contribution in [0.5, 0.6) is 5.75 Å². The maximum absolute atomic E-state index is 12.3. The summed E-state index contributed by atoms with van der Waals surface area (Å²) in [5.41, 5.74) is 0.314. The number of carbonyl (C=O) groups is 1. The third kappa shape index (κ3) is 3.41. The number of nitrogens with zero attached hydrogens (tertiary/aromatic N) is 5. The van der Waals surface area contributed by atoms with Gasteiger partial charge < -0.3 is 9.64 Å². The molecule has 26 heavy (non-hydrogen) atoms. The lowest BCUT2D eigenvalue weighted by Crippen LogP contribution is -2.35. The maximum Gasteiger partial charge on any atom is 0.338 e. The van der Waals surface area contributed by atoms with Gasteiger partial charge in [-0.05, 0) is 18.2 Å². The van der Waals surface area contributed by atoms with Gasteiger partial charge in [-0.2, -0.15) is 4.57 Å². The van der Waals surface area contributed by atoms with Crippen LogP contribution >= 0.6 is 11.6 Å². The lowest BCUT2D eigenvalue weighted by Gasteiger charge is -2.10. The molecular weight excluding hydrogens is 358 g/mol. The number of ether oxygens (including phenoxy) is 1. The van der Waals surface area contributed by atoms with E-state index in [4.69, 9.17) is 16.3 Å². The number of aromatic nitrogens is 4. The normalized spacial score (nSPS) is 10.9. The van der Waals surface area contributed by atoms with E-state index in [1.54, 1.807) is 45.4 Å². The largest absolute Gasteiger partial charge is 0.493 e. The summed E-state index contributed by atoms with van der Waals surface area (Å²) < 4.78 is 8.02. The number of imidazole rings is 1. The van der Waals surface area contributed by atoms with E-state index >= 15 is 0 Å². The van der Waals surface area contributed by atoms with Crippen LogP contribution in [-0.2, 0) is 13.5 Å². The van der Waals surface area contributed by atoms with Crippen molar-refractivity contribution >= 4 is 28.8 Å². The Balaban J connectivity index is 1.85. The van der Waals surface area contributed by atoms with Gasteiger partial charge in [-0.15, -0.1) is 0 Å². The van der Waals surface area contributed by atoms with Gasteiger partial charge in [-0.3, -0.25) is 4.57 Å². The first kappa shape index (κ1) is 17.9. The standard InChI is InChI=1S/C17H18ClN5O3/c1-21(2)16(24)23-15-13(22(3)17(23)25)10-19-14(20-15)7-8-26-12-6-4-5-11(18)9-12/h4-6,9-10H,7-8H2,1-3H3. The topological polar surface area (TPSA) is 82.2 Å². The van der Waals surface area contributed by atoms with Crippen LogP contribution in [0.25, 0.3) is 11.2 Å². The van der Waals surface area contributed by atoms with Gasteiger partial charge in [0.25, 0.3) is 0 Å². The predicted octanol–water partition coefficient (Wildman–Crippen LogP) is 1.93. The number of fused-ring (bicyclic) bond motifs is 1. The molecule has 0 atom stereocenters. The molecule has 0 aliphatic heterocycles. The summed E-state index contributed by atoms with van der Waals surface area (Å²) in [4.78, 5) is 34.6. The molecule has 2 heterocycles. The van der Waals surface area contributed by atoms with Crippen molar-refractivity contribution in [1.82, 2.24) is 24.0 Å². The van der Waals surface area contributed by atoms with Crippen LogP contribution in [0.2, 0.25) is 5.02 Å². The Morgan fingerprint density at radius 1 is 1.35 bits per heavy atom. The molecule has 136 valence electrons. The van der Waals surface area contributed by atoms with Crippen molar-refractivity contribution in [3.63, 3.8) is 0 Å². The number of amides is 1. The molecular formula is C17H18ClN5O3. The van der Waals surface area contributed by atoms with Crippen molar-refractivity contribution in [2.45, 2.75) is 6.42 Å². The molecule has 0 radical (unpaired) electrons. The van der Waals surface area contributed by atoms with Crippen molar-refractivity contribution in [3.8, 4) is 5.75 Å². The number of benzene rings is 1. The van der Waals surface area contributed by atoms with E-state index in [2.05, 4.69) is 9.97 Å². The minimum absolute atomic E-state index is 0.281. The Hall–Kier alpha value is -2.87. The number of halogens is 1. The highest BCUT2D eigenvalue weighted by Crippen LogP contribution is 2.17. The van der Waals surface area contributed by atoms with Crippen LogP contribution in [0.1, 0.15) is 5.82 Å². The summed E-state index contributed by atoms with van der Waals surface area (Å²) in [7, 11) is 4.73. The minimum Gasteiger partial charge on any atom is -0.493 e. The lowest BCUT2D eigenvalue weighted by atomic mass is 10.3. The van der Waals surface area contributed by atoms with E-state index in [0.29, 0.717) is 35.1 Å². The first-order valence-electron chi connectivity index (χ1n) is 7.92. The average molecular weight is 376 g/mol. The summed E-state index contributed by atoms with van der Waals surface area (Å²) in [5.74, 6) is 1.13. The third-order valence-electron chi connectivity index (χ3n) is 3.82. The van der Waals surface area contributed by atoms with Crippen LogP contribution in [0.15, 0.2) is 35.3 Å². The molecule has 0 saturated heterocycles. The second kappa shape index (κ2) is 7.17. The van der Waals surface area contributed by atoms with Crippen molar-refractivity contribution in [2.24, 2.45) is 7.05 Å². The van der Waals surface area contributed by atoms with E-state index in [0.717, 1.165) is 4.57 Å². The summed E-state index contributed by atoms with van der Waals surface area (Å²) in [6.07, 6.45) is 1.96. The van der Waals surface area contributed by atoms with E-state index in [1.807, 2.05) is 0 Å². The minimum atomic E-state index is -0.458. The Kier molecular flexibility index (Phi) is 4.94. The van der Waals surface area contributed by atoms with Crippen molar-refractivity contribution < 1.29 is 9.53 Å². The van der Waals surface area contributed by atoms with E-state index in [9.17, 15) is 9.59 Å². The number of rotatable bonds is 4. The quantitative estimate of drug-likeness (QED) is 0.696. The molecule has 1 aromatic carbocycles. The average Bonchev–Trinajstić information content (AvgIpc) is 2.85. The molecule has 0 saturated carbocycles. The Labute approximate surface area is 154 Å². The van der Waals surface area contributed by atoms with Crippen LogP contribution in [-0.4, -0.2) is 50.7 Å². The van der Waals surface area contributed by atoms with Crippen molar-refractivity contribution in [1.29, 1.82) is 0 Å². The third-order valence-corrected chi connectivity index (χ3v) is 4.05. The van der Waals surface area contributed by atoms with Gasteiger partial charge in [0.1, 0.15) is 17.1 Å². The van der Waals surface area contributed by atoms with Gasteiger partial charge in [0.05, 0.1) is 12.8 Å². The fraction of sp³-hybridized carbons (Fsp3) is 0.294. The van der Waals surface area contributed by atoms with Gasteiger partial charge in [0, 0.05) is 32.6 Å². The smallest absolute Gasteiger partial charge is 0.338 e. The molecule has 3 aromatic rings. The fourth-order valence-electron chi connectivity index (χ4n) is 2.46. The molecule has 1 amide bonds. The number of hydrogen-bond acceptors (Lipinski definition) is 5. The summed E-state index contributed by atoms with van der Waals surface area (Å²) >= 11 is 5.92. The fourth-order valence-corrected chi connectivity index (χ4v) is 2.64. The van der Waals surface area contributed by atoms with Crippen LogP contribution in [0.3, 0.4) is 0 Å². The molecule has 0 N–H and O–H groups in total. The predicted molar refractivity (Wildman–Crippen MR) is 97.9 cm³/mol. The summed E-state index contributed by atoms with van der Waals surface area (Å²) in [6, 6.07) is 6.63. The Morgan fingerprint density at radius 3 is 2.81 bits per heavy atom. The Bertz CT molecular complexity index is 1020. The molecule has 0 unspecified atom stereocenters. The Morgan fingerprint density at radius 2 is 2.12 bits per heavy atom. The zero-order chi connectivity index (χ0) is 18.8. The molecule has 0 spiro atoms. The second-order valence-corrected chi connectivity index (χ2v) is 6.34. The van der Waals surface area contributed by atoms with E-state index in [1.165, 1.54) is 15.7 Å². The van der Waals surface area contributed by atoms with Gasteiger partial charge in [0.2, 0.25) is 0 Å². The number of carbonyl (C=O) groups excluding carboxylic acids is 1. The summed E-state index contributed by atoms with van der Waals surface area (Å²) in [6.45, 7) is 0.338. The second-order valence-electron chi connectivity index (χ2n) is 5.90.